The van der Waals surface area contributed by atoms with Crippen LogP contribution in [0.3, 0.4) is 0 Å². The highest BCUT2D eigenvalue weighted by molar-refractivity contribution is 6.00. The number of azide groups is 1. The number of hydrogen-bond donors (Lipinski definition) is 1. The summed E-state index contributed by atoms with van der Waals surface area (Å²) in [5.74, 6) is -0.915. The number of fused-ring (bicyclic) bond motifs is 1. The van der Waals surface area contributed by atoms with Crippen molar-refractivity contribution in [2.24, 2.45) is 5.11 Å². The summed E-state index contributed by atoms with van der Waals surface area (Å²) in [6.07, 6.45) is 0.489. The molecule has 1 unspecified atom stereocenters. The standard InChI is InChI=1S/C13H14N4O3/c1-17-11-4-2-8(6-9(11)7-12(17)18)10(15-16-14)3-5-13(19)20/h2,4,6,10H,3,5,7H2,1H3,(H,19,20). The predicted molar refractivity (Wildman–Crippen MR) is 72.3 cm³/mol. The van der Waals surface area contributed by atoms with Gasteiger partial charge in [0.25, 0.3) is 0 Å². The Labute approximate surface area is 115 Å². The third-order valence-electron chi connectivity index (χ3n) is 3.39. The molecule has 104 valence electrons. The smallest absolute Gasteiger partial charge is 0.303 e. The minimum absolute atomic E-state index is 0.0167. The molecule has 0 bridgehead atoms. The fourth-order valence-electron chi connectivity index (χ4n) is 2.31. The van der Waals surface area contributed by atoms with Crippen LogP contribution in [0, 0.1) is 0 Å². The van der Waals surface area contributed by atoms with Gasteiger partial charge < -0.3 is 10.0 Å². The molecule has 0 aliphatic carbocycles. The molecular weight excluding hydrogens is 260 g/mol. The Morgan fingerprint density at radius 1 is 1.60 bits per heavy atom. The summed E-state index contributed by atoms with van der Waals surface area (Å²) in [7, 11) is 1.71. The van der Waals surface area contributed by atoms with Crippen LogP contribution in [-0.2, 0) is 16.0 Å². The zero-order valence-corrected chi connectivity index (χ0v) is 11.0. The highest BCUT2D eigenvalue weighted by Crippen LogP contribution is 2.32. The number of carbonyl (C=O) groups is 2. The molecule has 1 N–H and O–H groups in total. The summed E-state index contributed by atoms with van der Waals surface area (Å²) in [6.45, 7) is 0. The molecule has 0 fully saturated rings. The second-order valence-electron chi connectivity index (χ2n) is 4.67. The van der Waals surface area contributed by atoms with Gasteiger partial charge in [0.15, 0.2) is 0 Å². The lowest BCUT2D eigenvalue weighted by molar-refractivity contribution is -0.137. The third-order valence-corrected chi connectivity index (χ3v) is 3.39. The number of anilines is 1. The lowest BCUT2D eigenvalue weighted by Crippen LogP contribution is -2.20. The van der Waals surface area contributed by atoms with Crippen LogP contribution in [0.5, 0.6) is 0 Å². The van der Waals surface area contributed by atoms with Crippen LogP contribution in [0.1, 0.15) is 30.0 Å². The zero-order valence-electron chi connectivity index (χ0n) is 11.0. The number of aliphatic carboxylic acids is 1. The first kappa shape index (κ1) is 13.9. The number of likely N-dealkylation sites (N-methyl/N-ethyl adjacent to an activating group) is 1. The number of benzene rings is 1. The van der Waals surface area contributed by atoms with Gasteiger partial charge in [-0.25, -0.2) is 0 Å². The lowest BCUT2D eigenvalue weighted by Gasteiger charge is -2.13. The third kappa shape index (κ3) is 2.73. The Hall–Kier alpha value is -2.53. The summed E-state index contributed by atoms with van der Waals surface area (Å²) in [5.41, 5.74) is 11.1. The topological polar surface area (TPSA) is 106 Å². The molecule has 1 aliphatic rings. The number of rotatable bonds is 5. The van der Waals surface area contributed by atoms with E-state index in [1.54, 1.807) is 24.1 Å². The van der Waals surface area contributed by atoms with E-state index in [4.69, 9.17) is 10.6 Å². The second-order valence-corrected chi connectivity index (χ2v) is 4.67. The summed E-state index contributed by atoms with van der Waals surface area (Å²) < 4.78 is 0. The van der Waals surface area contributed by atoms with Crippen LogP contribution in [0.15, 0.2) is 23.3 Å². The van der Waals surface area contributed by atoms with Gasteiger partial charge in [0.2, 0.25) is 5.91 Å². The first-order valence-corrected chi connectivity index (χ1v) is 6.18. The fraction of sp³-hybridized carbons (Fsp3) is 0.385. The molecule has 1 aromatic carbocycles. The van der Waals surface area contributed by atoms with Crippen molar-refractivity contribution < 1.29 is 14.7 Å². The van der Waals surface area contributed by atoms with E-state index in [1.807, 2.05) is 6.07 Å². The summed E-state index contributed by atoms with van der Waals surface area (Å²) >= 11 is 0. The maximum Gasteiger partial charge on any atom is 0.303 e. The Bertz CT molecular complexity index is 608. The largest absolute Gasteiger partial charge is 0.481 e. The molecule has 0 aromatic heterocycles. The van der Waals surface area contributed by atoms with Gasteiger partial charge in [0.1, 0.15) is 0 Å². The van der Waals surface area contributed by atoms with Crippen molar-refractivity contribution in [2.75, 3.05) is 11.9 Å². The number of carboxylic acid groups (broad SMARTS) is 1. The average Bonchev–Trinajstić information content (AvgIpc) is 2.69. The number of carbonyl (C=O) groups excluding carboxylic acids is 1. The molecule has 1 amide bonds. The van der Waals surface area contributed by atoms with E-state index in [0.717, 1.165) is 16.8 Å². The van der Waals surface area contributed by atoms with Crippen LogP contribution in [0.2, 0.25) is 0 Å². The molecule has 0 saturated heterocycles. The van der Waals surface area contributed by atoms with E-state index in [-0.39, 0.29) is 18.7 Å². The van der Waals surface area contributed by atoms with Gasteiger partial charge in [-0.15, -0.1) is 0 Å². The van der Waals surface area contributed by atoms with Gasteiger partial charge in [-0.3, -0.25) is 9.59 Å². The molecule has 7 nitrogen and oxygen atoms in total. The van der Waals surface area contributed by atoms with Crippen molar-refractivity contribution in [2.45, 2.75) is 25.3 Å². The molecule has 2 rings (SSSR count). The van der Waals surface area contributed by atoms with Crippen LogP contribution in [0.25, 0.3) is 10.4 Å². The summed E-state index contributed by atoms with van der Waals surface area (Å²) in [4.78, 5) is 26.6. The molecule has 1 atom stereocenters. The maximum absolute atomic E-state index is 11.6. The Balaban J connectivity index is 2.27. The van der Waals surface area contributed by atoms with E-state index < -0.39 is 12.0 Å². The van der Waals surface area contributed by atoms with Crippen LogP contribution >= 0.6 is 0 Å². The van der Waals surface area contributed by atoms with Crippen molar-refractivity contribution >= 4 is 17.6 Å². The minimum Gasteiger partial charge on any atom is -0.481 e. The van der Waals surface area contributed by atoms with Gasteiger partial charge in [-0.2, -0.15) is 0 Å². The van der Waals surface area contributed by atoms with Crippen molar-refractivity contribution in [3.8, 4) is 0 Å². The quantitative estimate of drug-likeness (QED) is 0.506. The molecule has 0 saturated carbocycles. The summed E-state index contributed by atoms with van der Waals surface area (Å²) in [6, 6.07) is 4.87. The average molecular weight is 274 g/mol. The molecule has 1 aromatic rings. The number of amides is 1. The zero-order chi connectivity index (χ0) is 14.7. The molecule has 20 heavy (non-hydrogen) atoms. The van der Waals surface area contributed by atoms with Crippen molar-refractivity contribution in [3.05, 3.63) is 39.8 Å². The highest BCUT2D eigenvalue weighted by Gasteiger charge is 2.25. The summed E-state index contributed by atoms with van der Waals surface area (Å²) in [5, 5.41) is 12.4. The molecule has 0 spiro atoms. The normalized spacial score (nSPS) is 14.7. The van der Waals surface area contributed by atoms with E-state index in [0.29, 0.717) is 6.42 Å². The van der Waals surface area contributed by atoms with Crippen LogP contribution in [-0.4, -0.2) is 24.0 Å². The Morgan fingerprint density at radius 3 is 3.00 bits per heavy atom. The Kier molecular flexibility index (Phi) is 3.91. The molecule has 7 heteroatoms. The maximum atomic E-state index is 11.6. The van der Waals surface area contributed by atoms with Crippen molar-refractivity contribution in [1.29, 1.82) is 0 Å². The first-order valence-electron chi connectivity index (χ1n) is 6.18. The van der Waals surface area contributed by atoms with Gasteiger partial charge in [-0.1, -0.05) is 17.2 Å². The minimum atomic E-state index is -0.931. The highest BCUT2D eigenvalue weighted by atomic mass is 16.4. The second kappa shape index (κ2) is 5.63. The van der Waals surface area contributed by atoms with Crippen LogP contribution < -0.4 is 4.90 Å². The van der Waals surface area contributed by atoms with Gasteiger partial charge in [0.05, 0.1) is 12.5 Å². The van der Waals surface area contributed by atoms with E-state index in [1.165, 1.54) is 0 Å². The van der Waals surface area contributed by atoms with Crippen molar-refractivity contribution in [3.63, 3.8) is 0 Å². The number of nitrogens with zero attached hydrogens (tertiary/aromatic N) is 4. The van der Waals surface area contributed by atoms with Gasteiger partial charge in [-0.05, 0) is 29.1 Å². The fourth-order valence-corrected chi connectivity index (χ4v) is 2.31. The van der Waals surface area contributed by atoms with Crippen LogP contribution in [0.4, 0.5) is 5.69 Å². The molecular formula is C13H14N4O3. The monoisotopic (exact) mass is 274 g/mol. The SMILES string of the molecule is CN1C(=O)Cc2cc(C(CCC(=O)O)N=[N+]=[N-])ccc21. The number of hydrogen-bond acceptors (Lipinski definition) is 3. The van der Waals surface area contributed by atoms with E-state index in [9.17, 15) is 9.59 Å². The van der Waals surface area contributed by atoms with E-state index >= 15 is 0 Å². The lowest BCUT2D eigenvalue weighted by atomic mass is 9.99. The first-order chi connectivity index (χ1) is 9.52. The van der Waals surface area contributed by atoms with E-state index in [2.05, 4.69) is 10.0 Å². The number of carboxylic acids is 1. The molecule has 0 radical (unpaired) electrons. The van der Waals surface area contributed by atoms with Crippen molar-refractivity contribution in [1.82, 2.24) is 0 Å². The van der Waals surface area contributed by atoms with Gasteiger partial charge >= 0.3 is 5.97 Å². The molecule has 1 heterocycles. The Morgan fingerprint density at radius 2 is 2.35 bits per heavy atom. The molecule has 1 aliphatic heterocycles. The van der Waals surface area contributed by atoms with Gasteiger partial charge in [0, 0.05) is 24.1 Å². The predicted octanol–water partition coefficient (Wildman–Crippen LogP) is 2.42.